The Hall–Kier alpha value is -1.66. The summed E-state index contributed by atoms with van der Waals surface area (Å²) >= 11 is 5.16. The van der Waals surface area contributed by atoms with E-state index in [2.05, 4.69) is 28.2 Å². The molecule has 23 heavy (non-hydrogen) atoms. The van der Waals surface area contributed by atoms with Crippen LogP contribution in [-0.4, -0.2) is 10.5 Å². The highest BCUT2D eigenvalue weighted by Crippen LogP contribution is 2.33. The minimum absolute atomic E-state index is 0.141. The van der Waals surface area contributed by atoms with Crippen molar-refractivity contribution in [3.05, 3.63) is 57.3 Å². The molecule has 1 amide bonds. The molecule has 0 spiro atoms. The highest BCUT2D eigenvalue weighted by molar-refractivity contribution is 9.10. The van der Waals surface area contributed by atoms with E-state index >= 15 is 0 Å². The van der Waals surface area contributed by atoms with Gasteiger partial charge in [0.15, 0.2) is 0 Å². The Bertz CT molecular complexity index is 856. The summed E-state index contributed by atoms with van der Waals surface area (Å²) in [7, 11) is 0. The molecule has 0 atom stereocenters. The fourth-order valence-electron chi connectivity index (χ4n) is 2.60. The van der Waals surface area contributed by atoms with Crippen LogP contribution in [0.3, 0.4) is 0 Å². The molecule has 6 heteroatoms. The third-order valence-corrected chi connectivity index (χ3v) is 5.43. The van der Waals surface area contributed by atoms with E-state index in [0.29, 0.717) is 12.2 Å². The van der Waals surface area contributed by atoms with Crippen LogP contribution in [0, 0.1) is 5.82 Å². The smallest absolute Gasteiger partial charge is 0.268 e. The van der Waals surface area contributed by atoms with E-state index in [1.807, 2.05) is 16.0 Å². The summed E-state index contributed by atoms with van der Waals surface area (Å²) in [6.07, 6.45) is 0.941. The number of aryl methyl sites for hydroxylation is 1. The van der Waals surface area contributed by atoms with Crippen molar-refractivity contribution in [1.82, 2.24) is 9.88 Å². The van der Waals surface area contributed by atoms with Gasteiger partial charge in [0, 0.05) is 18.5 Å². The monoisotopic (exact) mass is 394 g/mol. The van der Waals surface area contributed by atoms with Gasteiger partial charge in [-0.05, 0) is 46.1 Å². The molecule has 3 rings (SSSR count). The number of thiophene rings is 1. The predicted molar refractivity (Wildman–Crippen MR) is 95.4 cm³/mol. The number of rotatable bonds is 5. The van der Waals surface area contributed by atoms with Gasteiger partial charge in [0.1, 0.15) is 11.5 Å². The number of hydrogen-bond donors (Lipinski definition) is 1. The number of carbonyl (C=O) groups excluding carboxylic acids is 1. The maximum atomic E-state index is 13.2. The molecule has 0 unspecified atom stereocenters. The second kappa shape index (κ2) is 6.84. The Kier molecular flexibility index (Phi) is 4.82. The van der Waals surface area contributed by atoms with Gasteiger partial charge in [-0.2, -0.15) is 0 Å². The maximum Gasteiger partial charge on any atom is 0.268 e. The molecule has 1 N–H and O–H groups in total. The number of aromatic nitrogens is 1. The molecule has 0 radical (unpaired) electrons. The van der Waals surface area contributed by atoms with Crippen LogP contribution in [0.5, 0.6) is 0 Å². The quantitative estimate of drug-likeness (QED) is 0.652. The second-order valence-corrected chi connectivity index (χ2v) is 7.06. The molecule has 1 aromatic carbocycles. The van der Waals surface area contributed by atoms with E-state index in [0.717, 1.165) is 33.2 Å². The fourth-order valence-corrected chi connectivity index (χ4v) is 4.29. The van der Waals surface area contributed by atoms with Gasteiger partial charge >= 0.3 is 0 Å². The Balaban J connectivity index is 1.84. The molecule has 0 saturated heterocycles. The highest BCUT2D eigenvalue weighted by Gasteiger charge is 2.18. The molecule has 3 aromatic rings. The van der Waals surface area contributed by atoms with Gasteiger partial charge in [-0.25, -0.2) is 4.39 Å². The molecule has 2 aromatic heterocycles. The number of nitrogens with one attached hydrogen (secondary N) is 1. The van der Waals surface area contributed by atoms with Gasteiger partial charge in [0.05, 0.1) is 14.7 Å². The summed E-state index contributed by atoms with van der Waals surface area (Å²) in [5.74, 6) is -0.437. The number of halogens is 2. The molecule has 0 fully saturated rings. The number of fused-ring (bicyclic) bond motifs is 1. The molecule has 0 aliphatic heterocycles. The number of carbonyl (C=O) groups is 1. The third-order valence-electron chi connectivity index (χ3n) is 3.60. The Morgan fingerprint density at radius 1 is 1.39 bits per heavy atom. The van der Waals surface area contributed by atoms with Gasteiger partial charge < -0.3 is 9.88 Å². The second-order valence-electron chi connectivity index (χ2n) is 5.29. The molecule has 0 aliphatic rings. The summed E-state index contributed by atoms with van der Waals surface area (Å²) in [6.45, 7) is 3.17. The van der Waals surface area contributed by atoms with Crippen LogP contribution in [0.1, 0.15) is 29.4 Å². The van der Waals surface area contributed by atoms with E-state index in [1.165, 1.54) is 12.1 Å². The Morgan fingerprint density at radius 3 is 2.96 bits per heavy atom. The van der Waals surface area contributed by atoms with E-state index in [9.17, 15) is 9.18 Å². The van der Waals surface area contributed by atoms with Gasteiger partial charge in [-0.3, -0.25) is 4.79 Å². The van der Waals surface area contributed by atoms with Crippen molar-refractivity contribution in [3.8, 4) is 0 Å². The fraction of sp³-hybridized carbons (Fsp3) is 0.235. The van der Waals surface area contributed by atoms with Crippen molar-refractivity contribution in [3.63, 3.8) is 0 Å². The van der Waals surface area contributed by atoms with E-state index < -0.39 is 0 Å². The standard InChI is InChI=1S/C17H16BrFN2OS/c1-2-6-21-14(8-15-16(21)13(18)10-23-15)17(22)20-9-11-4-3-5-12(19)7-11/h3-5,7-8,10H,2,6,9H2,1H3,(H,20,22). The lowest BCUT2D eigenvalue weighted by Crippen LogP contribution is -2.25. The van der Waals surface area contributed by atoms with Gasteiger partial charge in [-0.15, -0.1) is 11.3 Å². The lowest BCUT2D eigenvalue weighted by Gasteiger charge is -2.10. The molecule has 0 saturated carbocycles. The summed E-state index contributed by atoms with van der Waals surface area (Å²) in [6, 6.07) is 8.18. The average molecular weight is 395 g/mol. The first kappa shape index (κ1) is 16.2. The molecule has 2 heterocycles. The normalized spacial score (nSPS) is 11.1. The van der Waals surface area contributed by atoms with Crippen molar-refractivity contribution < 1.29 is 9.18 Å². The van der Waals surface area contributed by atoms with Crippen LogP contribution in [0.4, 0.5) is 4.39 Å². The first-order chi connectivity index (χ1) is 11.1. The summed E-state index contributed by atoms with van der Waals surface area (Å²) in [5, 5.41) is 4.91. The zero-order chi connectivity index (χ0) is 16.4. The molecule has 120 valence electrons. The molecular formula is C17H16BrFN2OS. The average Bonchev–Trinajstić information content (AvgIpc) is 3.06. The molecular weight excluding hydrogens is 379 g/mol. The van der Waals surface area contributed by atoms with Gasteiger partial charge in [0.2, 0.25) is 0 Å². The first-order valence-electron chi connectivity index (χ1n) is 7.39. The number of nitrogens with zero attached hydrogens (tertiary/aromatic N) is 1. The van der Waals surface area contributed by atoms with Crippen LogP contribution in [-0.2, 0) is 13.1 Å². The lowest BCUT2D eigenvalue weighted by atomic mass is 10.2. The Labute approximate surface area is 146 Å². The largest absolute Gasteiger partial charge is 0.347 e. The van der Waals surface area contributed by atoms with Crippen LogP contribution in [0.25, 0.3) is 10.2 Å². The topological polar surface area (TPSA) is 34.0 Å². The van der Waals surface area contributed by atoms with Crippen molar-refractivity contribution in [1.29, 1.82) is 0 Å². The minimum atomic E-state index is -0.296. The highest BCUT2D eigenvalue weighted by atomic mass is 79.9. The number of hydrogen-bond acceptors (Lipinski definition) is 2. The molecule has 0 aliphatic carbocycles. The first-order valence-corrected chi connectivity index (χ1v) is 9.06. The van der Waals surface area contributed by atoms with Crippen molar-refractivity contribution >= 4 is 43.4 Å². The minimum Gasteiger partial charge on any atom is -0.347 e. The van der Waals surface area contributed by atoms with E-state index in [-0.39, 0.29) is 11.7 Å². The summed E-state index contributed by atoms with van der Waals surface area (Å²) in [4.78, 5) is 12.5. The third kappa shape index (κ3) is 3.33. The predicted octanol–water partition coefficient (Wildman–Crippen LogP) is 4.94. The van der Waals surface area contributed by atoms with Crippen LogP contribution >= 0.6 is 27.3 Å². The number of amides is 1. The van der Waals surface area contributed by atoms with E-state index in [4.69, 9.17) is 0 Å². The SMILES string of the molecule is CCCn1c(C(=O)NCc2cccc(F)c2)cc2scc(Br)c21. The van der Waals surface area contributed by atoms with Crippen molar-refractivity contribution in [2.24, 2.45) is 0 Å². The maximum absolute atomic E-state index is 13.2. The van der Waals surface area contributed by atoms with Crippen LogP contribution < -0.4 is 5.32 Å². The van der Waals surface area contributed by atoms with Gasteiger partial charge in [0.25, 0.3) is 5.91 Å². The summed E-state index contributed by atoms with van der Waals surface area (Å²) < 4.78 is 17.3. The van der Waals surface area contributed by atoms with Crippen LogP contribution in [0.2, 0.25) is 0 Å². The van der Waals surface area contributed by atoms with Gasteiger partial charge in [-0.1, -0.05) is 19.1 Å². The zero-order valence-corrected chi connectivity index (χ0v) is 15.0. The number of benzene rings is 1. The lowest BCUT2D eigenvalue weighted by molar-refractivity contribution is 0.0942. The van der Waals surface area contributed by atoms with Crippen LogP contribution in [0.15, 0.2) is 40.2 Å². The zero-order valence-electron chi connectivity index (χ0n) is 12.6. The van der Waals surface area contributed by atoms with Crippen molar-refractivity contribution in [2.45, 2.75) is 26.4 Å². The molecule has 0 bridgehead atoms. The van der Waals surface area contributed by atoms with Crippen molar-refractivity contribution in [2.75, 3.05) is 0 Å². The molecule has 3 nitrogen and oxygen atoms in total. The van der Waals surface area contributed by atoms with E-state index in [1.54, 1.807) is 23.5 Å². The Morgan fingerprint density at radius 2 is 2.22 bits per heavy atom. The summed E-state index contributed by atoms with van der Waals surface area (Å²) in [5.41, 5.74) is 2.45.